The first-order valence-electron chi connectivity index (χ1n) is 8.15. The standard InChI is InChI=1S/C21H26O2/c1-5-17(15-16-7-11-19(22-3)12-8-16)21(6-2)18-9-13-20(23-4)14-10-18/h6-14,17H,5,15H2,1-4H3/b21-6-. The molecule has 1 unspecified atom stereocenters. The Balaban J connectivity index is 2.18. The van der Waals surface area contributed by atoms with Gasteiger partial charge in [0.15, 0.2) is 0 Å². The van der Waals surface area contributed by atoms with Gasteiger partial charge >= 0.3 is 0 Å². The summed E-state index contributed by atoms with van der Waals surface area (Å²) in [6, 6.07) is 16.7. The molecule has 0 radical (unpaired) electrons. The van der Waals surface area contributed by atoms with E-state index in [2.05, 4.69) is 44.2 Å². The Hall–Kier alpha value is -2.22. The van der Waals surface area contributed by atoms with Crippen LogP contribution in [0.2, 0.25) is 0 Å². The summed E-state index contributed by atoms with van der Waals surface area (Å²) in [5, 5.41) is 0. The van der Waals surface area contributed by atoms with Crippen molar-refractivity contribution in [3.05, 3.63) is 65.7 Å². The Morgan fingerprint density at radius 2 is 1.43 bits per heavy atom. The molecule has 0 N–H and O–H groups in total. The average molecular weight is 310 g/mol. The number of benzene rings is 2. The molecule has 0 bridgehead atoms. The number of hydrogen-bond acceptors (Lipinski definition) is 2. The summed E-state index contributed by atoms with van der Waals surface area (Å²) in [5.41, 5.74) is 4.00. The molecule has 122 valence electrons. The van der Waals surface area contributed by atoms with Crippen molar-refractivity contribution in [1.82, 2.24) is 0 Å². The van der Waals surface area contributed by atoms with Gasteiger partial charge in [0.1, 0.15) is 11.5 Å². The Morgan fingerprint density at radius 3 is 1.87 bits per heavy atom. The van der Waals surface area contributed by atoms with E-state index in [1.807, 2.05) is 24.3 Å². The highest BCUT2D eigenvalue weighted by Crippen LogP contribution is 2.30. The van der Waals surface area contributed by atoms with Gasteiger partial charge in [0.25, 0.3) is 0 Å². The van der Waals surface area contributed by atoms with Gasteiger partial charge in [0.2, 0.25) is 0 Å². The average Bonchev–Trinajstić information content (AvgIpc) is 2.62. The third-order valence-electron chi connectivity index (χ3n) is 4.31. The van der Waals surface area contributed by atoms with Gasteiger partial charge in [-0.1, -0.05) is 37.3 Å². The third-order valence-corrected chi connectivity index (χ3v) is 4.31. The van der Waals surface area contributed by atoms with Crippen LogP contribution < -0.4 is 9.47 Å². The van der Waals surface area contributed by atoms with Crippen molar-refractivity contribution in [3.63, 3.8) is 0 Å². The zero-order valence-corrected chi connectivity index (χ0v) is 14.5. The van der Waals surface area contributed by atoms with Crippen molar-refractivity contribution in [2.45, 2.75) is 26.7 Å². The molecule has 0 fully saturated rings. The molecule has 1 atom stereocenters. The lowest BCUT2D eigenvalue weighted by molar-refractivity contribution is 0.414. The lowest BCUT2D eigenvalue weighted by Gasteiger charge is -2.20. The highest BCUT2D eigenvalue weighted by atomic mass is 16.5. The minimum atomic E-state index is 0.502. The van der Waals surface area contributed by atoms with Crippen molar-refractivity contribution in [2.24, 2.45) is 5.92 Å². The molecular weight excluding hydrogens is 284 g/mol. The van der Waals surface area contributed by atoms with E-state index in [0.29, 0.717) is 5.92 Å². The van der Waals surface area contributed by atoms with Gasteiger partial charge in [-0.25, -0.2) is 0 Å². The van der Waals surface area contributed by atoms with Gasteiger partial charge in [-0.15, -0.1) is 0 Å². The van der Waals surface area contributed by atoms with Crippen LogP contribution in [0.15, 0.2) is 54.6 Å². The predicted octanol–water partition coefficient (Wildman–Crippen LogP) is 5.38. The Kier molecular flexibility index (Phi) is 6.28. The van der Waals surface area contributed by atoms with E-state index in [4.69, 9.17) is 9.47 Å². The summed E-state index contributed by atoms with van der Waals surface area (Å²) in [4.78, 5) is 0. The normalized spacial score (nSPS) is 12.8. The van der Waals surface area contributed by atoms with Gasteiger partial charge < -0.3 is 9.47 Å². The molecule has 0 aliphatic carbocycles. The zero-order valence-electron chi connectivity index (χ0n) is 14.5. The van der Waals surface area contributed by atoms with Crippen molar-refractivity contribution in [1.29, 1.82) is 0 Å². The molecule has 0 heterocycles. The Morgan fingerprint density at radius 1 is 0.913 bits per heavy atom. The number of methoxy groups -OCH3 is 2. The summed E-state index contributed by atoms with van der Waals surface area (Å²) in [6.07, 6.45) is 4.38. The molecule has 2 nitrogen and oxygen atoms in total. The molecule has 2 rings (SSSR count). The molecule has 0 aromatic heterocycles. The summed E-state index contributed by atoms with van der Waals surface area (Å²) in [7, 11) is 3.40. The fourth-order valence-electron chi connectivity index (χ4n) is 2.94. The second-order valence-electron chi connectivity index (χ2n) is 5.63. The van der Waals surface area contributed by atoms with Crippen LogP contribution in [0.25, 0.3) is 5.57 Å². The first kappa shape index (κ1) is 17.1. The summed E-state index contributed by atoms with van der Waals surface area (Å²) < 4.78 is 10.5. The molecule has 2 aromatic rings. The van der Waals surface area contributed by atoms with Gasteiger partial charge in [0.05, 0.1) is 14.2 Å². The molecule has 2 aromatic carbocycles. The first-order chi connectivity index (χ1) is 11.2. The minimum Gasteiger partial charge on any atom is -0.497 e. The molecule has 2 heteroatoms. The van der Waals surface area contributed by atoms with E-state index in [-0.39, 0.29) is 0 Å². The number of rotatable bonds is 7. The fourth-order valence-corrected chi connectivity index (χ4v) is 2.94. The van der Waals surface area contributed by atoms with Gasteiger partial charge in [-0.05, 0) is 66.6 Å². The molecule has 0 saturated carbocycles. The zero-order chi connectivity index (χ0) is 16.7. The van der Waals surface area contributed by atoms with Crippen LogP contribution in [0.5, 0.6) is 11.5 Å². The molecule has 23 heavy (non-hydrogen) atoms. The molecule has 0 aliphatic rings. The van der Waals surface area contributed by atoms with Crippen molar-refractivity contribution >= 4 is 5.57 Å². The monoisotopic (exact) mass is 310 g/mol. The van der Waals surface area contributed by atoms with E-state index in [0.717, 1.165) is 24.3 Å². The van der Waals surface area contributed by atoms with Crippen LogP contribution in [0.4, 0.5) is 0 Å². The summed E-state index contributed by atoms with van der Waals surface area (Å²) in [5.74, 6) is 2.30. The van der Waals surface area contributed by atoms with Gasteiger partial charge in [-0.2, -0.15) is 0 Å². The molecule has 0 aliphatic heterocycles. The van der Waals surface area contributed by atoms with Crippen LogP contribution in [0.3, 0.4) is 0 Å². The largest absolute Gasteiger partial charge is 0.497 e. The molecular formula is C21H26O2. The van der Waals surface area contributed by atoms with E-state index in [9.17, 15) is 0 Å². The number of ether oxygens (including phenoxy) is 2. The fraction of sp³-hybridized carbons (Fsp3) is 0.333. The SMILES string of the molecule is C/C=C(\c1ccc(OC)cc1)C(CC)Cc1ccc(OC)cc1. The third kappa shape index (κ3) is 4.38. The molecule has 0 amide bonds. The van der Waals surface area contributed by atoms with Crippen LogP contribution in [-0.2, 0) is 6.42 Å². The highest BCUT2D eigenvalue weighted by Gasteiger charge is 2.14. The second-order valence-corrected chi connectivity index (χ2v) is 5.63. The lowest BCUT2D eigenvalue weighted by Crippen LogP contribution is -2.06. The summed E-state index contributed by atoms with van der Waals surface area (Å²) >= 11 is 0. The highest BCUT2D eigenvalue weighted by molar-refractivity contribution is 5.68. The first-order valence-corrected chi connectivity index (χ1v) is 8.15. The van der Waals surface area contributed by atoms with E-state index in [1.54, 1.807) is 14.2 Å². The van der Waals surface area contributed by atoms with Crippen molar-refractivity contribution < 1.29 is 9.47 Å². The van der Waals surface area contributed by atoms with Crippen LogP contribution in [0.1, 0.15) is 31.4 Å². The molecule has 0 spiro atoms. The minimum absolute atomic E-state index is 0.502. The number of hydrogen-bond donors (Lipinski definition) is 0. The maximum Gasteiger partial charge on any atom is 0.118 e. The van der Waals surface area contributed by atoms with Crippen LogP contribution in [0, 0.1) is 5.92 Å². The van der Waals surface area contributed by atoms with Crippen molar-refractivity contribution in [2.75, 3.05) is 14.2 Å². The van der Waals surface area contributed by atoms with Gasteiger partial charge in [0, 0.05) is 0 Å². The number of allylic oxidation sites excluding steroid dienone is 2. The Bertz CT molecular complexity index is 624. The maximum absolute atomic E-state index is 5.26. The second kappa shape index (κ2) is 8.42. The smallest absolute Gasteiger partial charge is 0.118 e. The van der Waals surface area contributed by atoms with E-state index in [1.165, 1.54) is 16.7 Å². The Labute approximate surface area is 139 Å². The van der Waals surface area contributed by atoms with Crippen LogP contribution >= 0.6 is 0 Å². The quantitative estimate of drug-likeness (QED) is 0.684. The van der Waals surface area contributed by atoms with E-state index < -0.39 is 0 Å². The molecule has 0 saturated heterocycles. The van der Waals surface area contributed by atoms with Crippen molar-refractivity contribution in [3.8, 4) is 11.5 Å². The lowest BCUT2D eigenvalue weighted by atomic mass is 9.85. The topological polar surface area (TPSA) is 18.5 Å². The van der Waals surface area contributed by atoms with Gasteiger partial charge in [-0.3, -0.25) is 0 Å². The predicted molar refractivity (Wildman–Crippen MR) is 97.1 cm³/mol. The van der Waals surface area contributed by atoms with E-state index >= 15 is 0 Å². The van der Waals surface area contributed by atoms with Crippen LogP contribution in [-0.4, -0.2) is 14.2 Å². The maximum atomic E-state index is 5.26. The summed E-state index contributed by atoms with van der Waals surface area (Å²) in [6.45, 7) is 4.37.